The molecule has 0 bridgehead atoms. The molecule has 0 radical (unpaired) electrons. The second-order valence-electron chi connectivity index (χ2n) is 8.92. The maximum Gasteiger partial charge on any atom is 0.273 e. The van der Waals surface area contributed by atoms with Crippen LogP contribution >= 0.6 is 0 Å². The number of hydrogen-bond acceptors (Lipinski definition) is 5. The summed E-state index contributed by atoms with van der Waals surface area (Å²) in [5, 5.41) is 6.67. The highest BCUT2D eigenvalue weighted by Gasteiger charge is 2.28. The van der Waals surface area contributed by atoms with Crippen LogP contribution < -0.4 is 10.1 Å². The van der Waals surface area contributed by atoms with E-state index in [9.17, 15) is 18.4 Å². The van der Waals surface area contributed by atoms with Crippen LogP contribution in [0.15, 0.2) is 53.1 Å². The predicted octanol–water partition coefficient (Wildman–Crippen LogP) is 4.91. The quantitative estimate of drug-likeness (QED) is 0.454. The van der Waals surface area contributed by atoms with Gasteiger partial charge in [0.25, 0.3) is 11.8 Å². The summed E-state index contributed by atoms with van der Waals surface area (Å²) in [5.74, 6) is -1.40. The minimum absolute atomic E-state index is 0.0494. The van der Waals surface area contributed by atoms with Gasteiger partial charge in [-0.25, -0.2) is 8.78 Å². The van der Waals surface area contributed by atoms with E-state index in [0.29, 0.717) is 18.7 Å². The van der Waals surface area contributed by atoms with Crippen LogP contribution in [0, 0.1) is 11.6 Å². The first-order valence-corrected chi connectivity index (χ1v) is 12.1. The summed E-state index contributed by atoms with van der Waals surface area (Å²) in [5.41, 5.74) is 1.09. The number of hydrogen-bond donors (Lipinski definition) is 1. The molecule has 1 aromatic heterocycles. The molecule has 9 heteroatoms. The van der Waals surface area contributed by atoms with Gasteiger partial charge in [-0.15, -0.1) is 0 Å². The summed E-state index contributed by atoms with van der Waals surface area (Å²) in [4.78, 5) is 27.4. The van der Waals surface area contributed by atoms with E-state index < -0.39 is 17.5 Å². The molecule has 1 N–H and O–H groups in total. The third-order valence-electron chi connectivity index (χ3n) is 6.36. The number of rotatable bonds is 9. The maximum absolute atomic E-state index is 13.8. The summed E-state index contributed by atoms with van der Waals surface area (Å²) in [6, 6.07) is 11.8. The number of methoxy groups -OCH3 is 1. The van der Waals surface area contributed by atoms with Crippen LogP contribution in [-0.4, -0.2) is 41.6 Å². The summed E-state index contributed by atoms with van der Waals surface area (Å²) in [7, 11) is 1.60. The van der Waals surface area contributed by atoms with Gasteiger partial charge in [-0.1, -0.05) is 36.6 Å². The number of aromatic nitrogens is 1. The van der Waals surface area contributed by atoms with E-state index in [1.54, 1.807) is 12.0 Å². The Morgan fingerprint density at radius 2 is 1.75 bits per heavy atom. The molecule has 2 amide bonds. The number of carbonyl (C=O) groups is 2. The van der Waals surface area contributed by atoms with Gasteiger partial charge in [0.15, 0.2) is 11.5 Å². The van der Waals surface area contributed by atoms with Gasteiger partial charge in [0.2, 0.25) is 0 Å². The summed E-state index contributed by atoms with van der Waals surface area (Å²) < 4.78 is 38.0. The van der Waals surface area contributed by atoms with E-state index >= 15 is 0 Å². The normalized spacial score (nSPS) is 13.9. The Hall–Kier alpha value is -3.75. The number of amides is 2. The second kappa shape index (κ2) is 11.8. The molecule has 0 aliphatic heterocycles. The standard InChI is InChI=1S/C27H29F2N3O4/c1-35-23-9-7-18(8-10-23)11-12-30-26(33)25-16-24(36-31-25)17-32(22-5-3-2-4-6-22)27(34)19-13-20(28)15-21(29)14-19/h7-10,13-16,22H,2-6,11-12,17H2,1H3,(H,30,33). The van der Waals surface area contributed by atoms with Gasteiger partial charge < -0.3 is 19.5 Å². The molecular weight excluding hydrogens is 468 g/mol. The molecule has 3 aromatic rings. The first-order valence-electron chi connectivity index (χ1n) is 12.1. The van der Waals surface area contributed by atoms with Crippen LogP contribution in [0.2, 0.25) is 0 Å². The number of ether oxygens (including phenoxy) is 1. The van der Waals surface area contributed by atoms with E-state index in [0.717, 1.165) is 61.6 Å². The Kier molecular flexibility index (Phi) is 8.30. The van der Waals surface area contributed by atoms with Gasteiger partial charge >= 0.3 is 0 Å². The molecule has 0 saturated heterocycles. The number of nitrogens with one attached hydrogen (secondary N) is 1. The zero-order valence-electron chi connectivity index (χ0n) is 20.1. The lowest BCUT2D eigenvalue weighted by molar-refractivity contribution is 0.0589. The van der Waals surface area contributed by atoms with Gasteiger partial charge in [-0.3, -0.25) is 9.59 Å². The predicted molar refractivity (Wildman–Crippen MR) is 129 cm³/mol. The molecule has 0 spiro atoms. The molecule has 4 rings (SSSR count). The Morgan fingerprint density at radius 3 is 2.42 bits per heavy atom. The first kappa shape index (κ1) is 25.3. The van der Waals surface area contributed by atoms with E-state index in [1.807, 2.05) is 24.3 Å². The van der Waals surface area contributed by atoms with Crippen molar-refractivity contribution in [3.8, 4) is 5.75 Å². The Balaban J connectivity index is 1.41. The Labute approximate surface area is 208 Å². The number of benzene rings is 2. The maximum atomic E-state index is 13.8. The van der Waals surface area contributed by atoms with Crippen LogP contribution in [-0.2, 0) is 13.0 Å². The minimum atomic E-state index is -0.810. The lowest BCUT2D eigenvalue weighted by Gasteiger charge is -2.33. The molecule has 1 fully saturated rings. The van der Waals surface area contributed by atoms with Crippen molar-refractivity contribution in [2.24, 2.45) is 0 Å². The second-order valence-corrected chi connectivity index (χ2v) is 8.92. The zero-order chi connectivity index (χ0) is 25.5. The molecule has 0 unspecified atom stereocenters. The Morgan fingerprint density at radius 1 is 1.06 bits per heavy atom. The van der Waals surface area contributed by atoms with E-state index in [2.05, 4.69) is 10.5 Å². The molecule has 7 nitrogen and oxygen atoms in total. The molecule has 1 saturated carbocycles. The van der Waals surface area contributed by atoms with E-state index in [1.165, 1.54) is 6.07 Å². The number of halogens is 2. The van der Waals surface area contributed by atoms with Gasteiger partial charge in [-0.05, 0) is 49.1 Å². The highest BCUT2D eigenvalue weighted by molar-refractivity contribution is 5.94. The van der Waals surface area contributed by atoms with Gasteiger partial charge in [0.1, 0.15) is 17.4 Å². The molecule has 1 aliphatic rings. The molecule has 36 heavy (non-hydrogen) atoms. The Bertz CT molecular complexity index is 1170. The largest absolute Gasteiger partial charge is 0.497 e. The van der Waals surface area contributed by atoms with Crippen molar-refractivity contribution in [1.82, 2.24) is 15.4 Å². The molecule has 1 heterocycles. The minimum Gasteiger partial charge on any atom is -0.497 e. The van der Waals surface area contributed by atoms with Crippen LogP contribution in [0.1, 0.15) is 64.3 Å². The molecule has 2 aromatic carbocycles. The highest BCUT2D eigenvalue weighted by atomic mass is 19.1. The van der Waals surface area contributed by atoms with E-state index in [-0.39, 0.29) is 29.8 Å². The van der Waals surface area contributed by atoms with Crippen LogP contribution in [0.3, 0.4) is 0 Å². The van der Waals surface area contributed by atoms with Crippen molar-refractivity contribution in [3.63, 3.8) is 0 Å². The van der Waals surface area contributed by atoms with E-state index in [4.69, 9.17) is 9.26 Å². The molecule has 190 valence electrons. The van der Waals surface area contributed by atoms with Crippen molar-refractivity contribution < 1.29 is 27.6 Å². The number of nitrogens with zero attached hydrogens (tertiary/aromatic N) is 2. The lowest BCUT2D eigenvalue weighted by atomic mass is 9.93. The fraction of sp³-hybridized carbons (Fsp3) is 0.370. The van der Waals surface area contributed by atoms with Crippen molar-refractivity contribution in [2.45, 2.75) is 51.1 Å². The smallest absolute Gasteiger partial charge is 0.273 e. The van der Waals surface area contributed by atoms with Crippen molar-refractivity contribution >= 4 is 11.8 Å². The molecular formula is C27H29F2N3O4. The summed E-state index contributed by atoms with van der Waals surface area (Å²) >= 11 is 0. The SMILES string of the molecule is COc1ccc(CCNC(=O)c2cc(CN(C(=O)c3cc(F)cc(F)c3)C3CCCCC3)on2)cc1. The van der Waals surface area contributed by atoms with Crippen molar-refractivity contribution in [1.29, 1.82) is 0 Å². The van der Waals surface area contributed by atoms with Crippen molar-refractivity contribution in [2.75, 3.05) is 13.7 Å². The lowest BCUT2D eigenvalue weighted by Crippen LogP contribution is -2.41. The fourth-order valence-electron chi connectivity index (χ4n) is 4.47. The summed E-state index contributed by atoms with van der Waals surface area (Å²) in [6.45, 7) is 0.457. The first-order chi connectivity index (χ1) is 17.4. The average Bonchev–Trinajstić information content (AvgIpc) is 3.36. The molecule has 0 atom stereocenters. The van der Waals surface area contributed by atoms with Gasteiger partial charge in [0, 0.05) is 30.3 Å². The topological polar surface area (TPSA) is 84.7 Å². The van der Waals surface area contributed by atoms with Crippen LogP contribution in [0.5, 0.6) is 5.75 Å². The third kappa shape index (κ3) is 6.47. The van der Waals surface area contributed by atoms with Gasteiger partial charge in [-0.2, -0.15) is 0 Å². The van der Waals surface area contributed by atoms with Crippen LogP contribution in [0.4, 0.5) is 8.78 Å². The molecule has 1 aliphatic carbocycles. The monoisotopic (exact) mass is 497 g/mol. The zero-order valence-corrected chi connectivity index (χ0v) is 20.1. The van der Waals surface area contributed by atoms with Gasteiger partial charge in [0.05, 0.1) is 13.7 Å². The third-order valence-corrected chi connectivity index (χ3v) is 6.36. The number of carbonyl (C=O) groups excluding carboxylic acids is 2. The fourth-order valence-corrected chi connectivity index (χ4v) is 4.47. The highest BCUT2D eigenvalue weighted by Crippen LogP contribution is 2.26. The summed E-state index contributed by atoms with van der Waals surface area (Å²) in [6.07, 6.45) is 5.21. The van der Waals surface area contributed by atoms with Crippen LogP contribution in [0.25, 0.3) is 0 Å². The van der Waals surface area contributed by atoms with Crippen molar-refractivity contribution in [3.05, 3.63) is 82.7 Å². The average molecular weight is 498 g/mol.